The Labute approximate surface area is 187 Å². The maximum atomic E-state index is 3.75. The molecule has 0 aliphatic heterocycles. The number of rotatable bonds is 6. The summed E-state index contributed by atoms with van der Waals surface area (Å²) in [5, 5.41) is 3.75. The smallest absolute Gasteiger partial charge is 0.0342 e. The van der Waals surface area contributed by atoms with Gasteiger partial charge in [-0.15, -0.1) is 0 Å². The number of hydrogen-bond acceptors (Lipinski definition) is 1. The fraction of sp³-hybridized carbons (Fsp3) is 0.267. The van der Waals surface area contributed by atoms with E-state index in [4.69, 9.17) is 0 Å². The highest BCUT2D eigenvalue weighted by Crippen LogP contribution is 2.30. The molecule has 1 saturated carbocycles. The van der Waals surface area contributed by atoms with Crippen LogP contribution in [-0.2, 0) is 0 Å². The van der Waals surface area contributed by atoms with E-state index in [1.54, 1.807) is 0 Å². The molecule has 0 amide bonds. The first kappa shape index (κ1) is 21.2. The summed E-state index contributed by atoms with van der Waals surface area (Å²) in [5.74, 6) is 1.64. The summed E-state index contributed by atoms with van der Waals surface area (Å²) >= 11 is 0. The predicted octanol–water partition coefficient (Wildman–Crippen LogP) is 8.07. The Hall–Kier alpha value is -3.06. The van der Waals surface area contributed by atoms with E-state index in [1.165, 1.54) is 47.2 Å². The second-order valence-electron chi connectivity index (χ2n) is 9.05. The SMILES string of the molecule is CC1CC(C)CC(Nc2ccc(C=CC=C(c3ccccc3)c3ccccc3)cc2)C1. The highest BCUT2D eigenvalue weighted by atomic mass is 14.9. The summed E-state index contributed by atoms with van der Waals surface area (Å²) in [7, 11) is 0. The van der Waals surface area contributed by atoms with Crippen molar-refractivity contribution in [2.24, 2.45) is 11.8 Å². The normalized spacial score (nSPS) is 21.0. The minimum atomic E-state index is 0.599. The molecule has 2 unspecified atom stereocenters. The van der Waals surface area contributed by atoms with Gasteiger partial charge in [0.25, 0.3) is 0 Å². The average molecular weight is 408 g/mol. The van der Waals surface area contributed by atoms with Gasteiger partial charge in [-0.2, -0.15) is 0 Å². The summed E-state index contributed by atoms with van der Waals surface area (Å²) in [4.78, 5) is 0. The summed E-state index contributed by atoms with van der Waals surface area (Å²) < 4.78 is 0. The largest absolute Gasteiger partial charge is 0.382 e. The van der Waals surface area contributed by atoms with Crippen LogP contribution in [0.3, 0.4) is 0 Å². The van der Waals surface area contributed by atoms with Crippen molar-refractivity contribution in [2.45, 2.75) is 39.2 Å². The molecule has 1 nitrogen and oxygen atoms in total. The number of hydrogen-bond donors (Lipinski definition) is 1. The molecule has 0 aromatic heterocycles. The summed E-state index contributed by atoms with van der Waals surface area (Å²) in [6, 6.07) is 30.6. The number of anilines is 1. The first-order valence-electron chi connectivity index (χ1n) is 11.5. The second-order valence-corrected chi connectivity index (χ2v) is 9.05. The fourth-order valence-electron chi connectivity index (χ4n) is 4.84. The highest BCUT2D eigenvalue weighted by Gasteiger charge is 2.23. The van der Waals surface area contributed by atoms with Crippen LogP contribution in [0.5, 0.6) is 0 Å². The number of allylic oxidation sites excluding steroid dienone is 2. The van der Waals surface area contributed by atoms with E-state index in [0.717, 1.165) is 11.8 Å². The van der Waals surface area contributed by atoms with Gasteiger partial charge in [0.2, 0.25) is 0 Å². The summed E-state index contributed by atoms with van der Waals surface area (Å²) in [5.41, 5.74) is 6.14. The van der Waals surface area contributed by atoms with Gasteiger partial charge in [0.15, 0.2) is 0 Å². The Morgan fingerprint density at radius 1 is 0.710 bits per heavy atom. The van der Waals surface area contributed by atoms with Gasteiger partial charge < -0.3 is 5.32 Å². The molecule has 0 saturated heterocycles. The third-order valence-electron chi connectivity index (χ3n) is 6.18. The quantitative estimate of drug-likeness (QED) is 0.407. The Morgan fingerprint density at radius 2 is 1.26 bits per heavy atom. The molecule has 1 aliphatic rings. The van der Waals surface area contributed by atoms with Crippen molar-refractivity contribution in [1.29, 1.82) is 0 Å². The summed E-state index contributed by atoms with van der Waals surface area (Å²) in [6.07, 6.45) is 10.5. The molecule has 3 aromatic rings. The van der Waals surface area contributed by atoms with Crippen LogP contribution in [0.15, 0.2) is 97.1 Å². The molecule has 2 atom stereocenters. The van der Waals surface area contributed by atoms with Gasteiger partial charge in [0.05, 0.1) is 0 Å². The van der Waals surface area contributed by atoms with Crippen molar-refractivity contribution in [3.05, 3.63) is 114 Å². The van der Waals surface area contributed by atoms with Gasteiger partial charge in [-0.05, 0) is 65.5 Å². The predicted molar refractivity (Wildman–Crippen MR) is 135 cm³/mol. The third-order valence-corrected chi connectivity index (χ3v) is 6.18. The van der Waals surface area contributed by atoms with Crippen LogP contribution in [0.4, 0.5) is 5.69 Å². The molecular formula is C30H33N. The van der Waals surface area contributed by atoms with Crippen molar-refractivity contribution in [3.63, 3.8) is 0 Å². The van der Waals surface area contributed by atoms with Crippen LogP contribution in [0, 0.1) is 11.8 Å². The first-order valence-corrected chi connectivity index (χ1v) is 11.5. The lowest BCUT2D eigenvalue weighted by Crippen LogP contribution is -2.30. The Bertz CT molecular complexity index is 948. The van der Waals surface area contributed by atoms with Crippen LogP contribution < -0.4 is 5.32 Å². The molecule has 4 rings (SSSR count). The molecule has 0 bridgehead atoms. The molecule has 1 N–H and O–H groups in total. The van der Waals surface area contributed by atoms with E-state index in [-0.39, 0.29) is 0 Å². The average Bonchev–Trinajstić information content (AvgIpc) is 2.78. The van der Waals surface area contributed by atoms with Crippen molar-refractivity contribution >= 4 is 17.3 Å². The summed E-state index contributed by atoms with van der Waals surface area (Å²) in [6.45, 7) is 4.76. The van der Waals surface area contributed by atoms with Crippen LogP contribution >= 0.6 is 0 Å². The van der Waals surface area contributed by atoms with Crippen LogP contribution in [0.2, 0.25) is 0 Å². The Kier molecular flexibility index (Phi) is 7.04. The molecule has 0 spiro atoms. The Morgan fingerprint density at radius 3 is 1.81 bits per heavy atom. The standard InChI is InChI=1S/C30H33N/c1-23-20-24(2)22-29(21-23)31-28-18-16-25(17-19-28)10-9-15-30(26-11-5-3-6-12-26)27-13-7-4-8-14-27/h3-19,23-24,29,31H,20-22H2,1-2H3. The van der Waals surface area contributed by atoms with E-state index >= 15 is 0 Å². The molecule has 3 aromatic carbocycles. The van der Waals surface area contributed by atoms with E-state index in [2.05, 4.69) is 122 Å². The van der Waals surface area contributed by atoms with Crippen LogP contribution in [-0.4, -0.2) is 6.04 Å². The van der Waals surface area contributed by atoms with Gasteiger partial charge in [-0.3, -0.25) is 0 Å². The van der Waals surface area contributed by atoms with Crippen molar-refractivity contribution in [1.82, 2.24) is 0 Å². The third kappa shape index (κ3) is 5.98. The van der Waals surface area contributed by atoms with Gasteiger partial charge in [-0.1, -0.05) is 105 Å². The topological polar surface area (TPSA) is 12.0 Å². The lowest BCUT2D eigenvalue weighted by Gasteiger charge is -2.32. The van der Waals surface area contributed by atoms with Gasteiger partial charge in [-0.25, -0.2) is 0 Å². The molecule has 31 heavy (non-hydrogen) atoms. The molecule has 1 heteroatoms. The van der Waals surface area contributed by atoms with Crippen molar-refractivity contribution < 1.29 is 0 Å². The molecule has 1 fully saturated rings. The van der Waals surface area contributed by atoms with Gasteiger partial charge >= 0.3 is 0 Å². The lowest BCUT2D eigenvalue weighted by molar-refractivity contribution is 0.281. The molecule has 1 aliphatic carbocycles. The van der Waals surface area contributed by atoms with Gasteiger partial charge in [0.1, 0.15) is 0 Å². The number of benzene rings is 3. The van der Waals surface area contributed by atoms with E-state index in [1.807, 2.05) is 0 Å². The molecular weight excluding hydrogens is 374 g/mol. The minimum absolute atomic E-state index is 0.599. The minimum Gasteiger partial charge on any atom is -0.382 e. The maximum Gasteiger partial charge on any atom is 0.0342 e. The molecule has 0 heterocycles. The highest BCUT2D eigenvalue weighted by molar-refractivity contribution is 5.81. The van der Waals surface area contributed by atoms with E-state index < -0.39 is 0 Å². The van der Waals surface area contributed by atoms with Crippen molar-refractivity contribution in [2.75, 3.05) is 5.32 Å². The maximum absolute atomic E-state index is 3.75. The Balaban J connectivity index is 1.46. The zero-order valence-electron chi connectivity index (χ0n) is 18.7. The van der Waals surface area contributed by atoms with E-state index in [0.29, 0.717) is 6.04 Å². The fourth-order valence-corrected chi connectivity index (χ4v) is 4.84. The second kappa shape index (κ2) is 10.3. The zero-order chi connectivity index (χ0) is 21.5. The van der Waals surface area contributed by atoms with Crippen molar-refractivity contribution in [3.8, 4) is 0 Å². The monoisotopic (exact) mass is 407 g/mol. The lowest BCUT2D eigenvalue weighted by atomic mass is 9.80. The van der Waals surface area contributed by atoms with Gasteiger partial charge in [0, 0.05) is 11.7 Å². The van der Waals surface area contributed by atoms with Crippen LogP contribution in [0.25, 0.3) is 11.6 Å². The van der Waals surface area contributed by atoms with E-state index in [9.17, 15) is 0 Å². The molecule has 158 valence electrons. The van der Waals surface area contributed by atoms with Crippen LogP contribution in [0.1, 0.15) is 49.8 Å². The first-order chi connectivity index (χ1) is 15.2. The zero-order valence-corrected chi connectivity index (χ0v) is 18.7. The number of nitrogens with one attached hydrogen (secondary N) is 1. The molecule has 0 radical (unpaired) electrons.